The number of ether oxygens (including phenoxy) is 4. The minimum atomic E-state index is -7.09. The van der Waals surface area contributed by atoms with Crippen LogP contribution in [-0.2, 0) is 31.8 Å². The number of hydrogen-bond acceptors (Lipinski definition) is 6. The van der Waals surface area contributed by atoms with Gasteiger partial charge in [0.05, 0.1) is 0 Å². The monoisotopic (exact) mass is 706 g/mol. The van der Waals surface area contributed by atoms with Crippen molar-refractivity contribution in [2.24, 2.45) is 0 Å². The highest BCUT2D eigenvalue weighted by atomic mass is 19.4. The van der Waals surface area contributed by atoms with Crippen LogP contribution in [0, 0.1) is 0 Å². The first kappa shape index (κ1) is 40.4. The topological polar surface area (TPSA) is 62.7 Å². The van der Waals surface area contributed by atoms with Crippen molar-refractivity contribution >= 4 is 0 Å². The summed E-state index contributed by atoms with van der Waals surface area (Å²) < 4.78 is 181. The summed E-state index contributed by atoms with van der Waals surface area (Å²) in [4.78, 5) is 8.40. The molecule has 1 heterocycles. The van der Waals surface area contributed by atoms with Gasteiger partial charge in [0.2, 0.25) is 0 Å². The smallest absolute Gasteiger partial charge is 0.372 e. The highest BCUT2D eigenvalue weighted by molar-refractivity contribution is 5.57. The van der Waals surface area contributed by atoms with Crippen LogP contribution in [0.5, 0.6) is 0 Å². The Morgan fingerprint density at radius 2 is 1.13 bits per heavy atom. The van der Waals surface area contributed by atoms with Crippen molar-refractivity contribution in [3.05, 3.63) is 47.8 Å². The molecule has 2 aromatic rings. The number of alkyl halides is 13. The molecule has 0 saturated heterocycles. The summed E-state index contributed by atoms with van der Waals surface area (Å²) in [5, 5.41) is 0. The Morgan fingerprint density at radius 1 is 0.596 bits per heavy atom. The molecule has 1 aromatic carbocycles. The average molecular weight is 707 g/mol. The standard InChI is InChI=1S/C28H31F13N2O4/c1-2-3-4-5-6-7-10-20-17-21(22-42-14-9-15-43-22)13-12-19(20)11-8-16-44-18-23(29,30)45-24(31,32)25(33,34)46-26(35,36)27(37,38)47-28(39,40)41/h9,12-15,17H,2-8,10-11,16,18H2,1H3. The van der Waals surface area contributed by atoms with E-state index in [-0.39, 0.29) is 12.8 Å². The fourth-order valence-electron chi connectivity index (χ4n) is 4.10. The molecule has 0 spiro atoms. The molecule has 268 valence electrons. The van der Waals surface area contributed by atoms with Crippen molar-refractivity contribution in [3.63, 3.8) is 0 Å². The van der Waals surface area contributed by atoms with Gasteiger partial charge in [-0.1, -0.05) is 51.2 Å². The molecule has 0 bridgehead atoms. The lowest BCUT2D eigenvalue weighted by atomic mass is 9.95. The van der Waals surface area contributed by atoms with Gasteiger partial charge in [0.25, 0.3) is 0 Å². The molecule has 19 heteroatoms. The zero-order valence-corrected chi connectivity index (χ0v) is 24.7. The van der Waals surface area contributed by atoms with Gasteiger partial charge in [-0.3, -0.25) is 0 Å². The first-order valence-corrected chi connectivity index (χ1v) is 14.1. The van der Waals surface area contributed by atoms with Gasteiger partial charge in [0, 0.05) is 24.6 Å². The zero-order valence-electron chi connectivity index (χ0n) is 24.7. The molecule has 1 aromatic heterocycles. The summed E-state index contributed by atoms with van der Waals surface area (Å²) in [7, 11) is 0. The van der Waals surface area contributed by atoms with Crippen molar-refractivity contribution in [3.8, 4) is 11.4 Å². The molecule has 0 amide bonds. The molecule has 2 rings (SSSR count). The molecular formula is C28H31F13N2O4. The fourth-order valence-corrected chi connectivity index (χ4v) is 4.10. The third kappa shape index (κ3) is 13.0. The van der Waals surface area contributed by atoms with Crippen molar-refractivity contribution < 1.29 is 76.0 Å². The largest absolute Gasteiger partial charge is 0.527 e. The summed E-state index contributed by atoms with van der Waals surface area (Å²) in [6, 6.07) is 7.01. The van der Waals surface area contributed by atoms with Crippen molar-refractivity contribution in [2.75, 3.05) is 13.2 Å². The Morgan fingerprint density at radius 3 is 1.72 bits per heavy atom. The quantitative estimate of drug-likeness (QED) is 0.0953. The lowest BCUT2D eigenvalue weighted by molar-refractivity contribution is -0.564. The first-order valence-electron chi connectivity index (χ1n) is 14.1. The third-order valence-corrected chi connectivity index (χ3v) is 6.29. The molecule has 0 unspecified atom stereocenters. The molecule has 0 radical (unpaired) electrons. The Hall–Kier alpha value is -2.77. The number of nitrogens with zero attached hydrogens (tertiary/aromatic N) is 2. The summed E-state index contributed by atoms with van der Waals surface area (Å²) in [6.45, 7) is -0.598. The maximum atomic E-state index is 13.9. The molecule has 47 heavy (non-hydrogen) atoms. The molecule has 0 fully saturated rings. The number of rotatable bonds is 21. The van der Waals surface area contributed by atoms with E-state index in [0.717, 1.165) is 55.2 Å². The number of hydrogen-bond donors (Lipinski definition) is 0. The van der Waals surface area contributed by atoms with Gasteiger partial charge >= 0.3 is 36.9 Å². The van der Waals surface area contributed by atoms with E-state index in [1.54, 1.807) is 35.3 Å². The van der Waals surface area contributed by atoms with Crippen LogP contribution >= 0.6 is 0 Å². The average Bonchev–Trinajstić information content (AvgIpc) is 2.93. The normalized spacial score (nSPS) is 13.7. The maximum Gasteiger partial charge on any atom is 0.527 e. The van der Waals surface area contributed by atoms with E-state index in [1.807, 2.05) is 10.8 Å². The van der Waals surface area contributed by atoms with Gasteiger partial charge in [0.1, 0.15) is 6.61 Å². The van der Waals surface area contributed by atoms with Gasteiger partial charge in [-0.15, -0.1) is 13.2 Å². The molecule has 0 aliphatic heterocycles. The van der Waals surface area contributed by atoms with E-state index in [2.05, 4.69) is 26.4 Å². The van der Waals surface area contributed by atoms with Crippen molar-refractivity contribution in [1.82, 2.24) is 9.97 Å². The summed E-state index contributed by atoms with van der Waals surface area (Å²) in [5.41, 5.74) is 2.42. The zero-order chi connectivity index (χ0) is 35.6. The van der Waals surface area contributed by atoms with Gasteiger partial charge in [-0.05, 0) is 48.9 Å². The Kier molecular flexibility index (Phi) is 14.2. The molecule has 6 nitrogen and oxygen atoms in total. The number of aromatic nitrogens is 2. The van der Waals surface area contributed by atoms with E-state index in [4.69, 9.17) is 0 Å². The van der Waals surface area contributed by atoms with Gasteiger partial charge in [0.15, 0.2) is 5.82 Å². The number of benzene rings is 1. The Bertz CT molecular complexity index is 1230. The van der Waals surface area contributed by atoms with Crippen LogP contribution in [0.3, 0.4) is 0 Å². The van der Waals surface area contributed by atoms with E-state index in [0.29, 0.717) is 12.2 Å². The van der Waals surface area contributed by atoms with E-state index >= 15 is 0 Å². The number of unbranched alkanes of at least 4 members (excludes halogenated alkanes) is 5. The molecule has 0 atom stereocenters. The van der Waals surface area contributed by atoms with Crippen LogP contribution in [0.25, 0.3) is 11.4 Å². The molecule has 0 N–H and O–H groups in total. The van der Waals surface area contributed by atoms with Crippen LogP contribution < -0.4 is 0 Å². The van der Waals surface area contributed by atoms with Crippen molar-refractivity contribution in [2.45, 2.75) is 102 Å². The second-order valence-electron chi connectivity index (χ2n) is 10.2. The van der Waals surface area contributed by atoms with Crippen LogP contribution in [0.15, 0.2) is 36.7 Å². The highest BCUT2D eigenvalue weighted by Crippen LogP contribution is 2.48. The van der Waals surface area contributed by atoms with Crippen LogP contribution in [0.2, 0.25) is 0 Å². The van der Waals surface area contributed by atoms with E-state index < -0.39 is 50.1 Å². The van der Waals surface area contributed by atoms with Crippen LogP contribution in [0.1, 0.15) is 63.0 Å². The molecule has 0 aliphatic carbocycles. The van der Waals surface area contributed by atoms with Gasteiger partial charge < -0.3 is 4.74 Å². The number of aryl methyl sites for hydroxylation is 2. The van der Waals surface area contributed by atoms with Crippen LogP contribution in [0.4, 0.5) is 57.1 Å². The fraction of sp³-hybridized carbons (Fsp3) is 0.643. The van der Waals surface area contributed by atoms with Gasteiger partial charge in [-0.25, -0.2) is 24.2 Å². The summed E-state index contributed by atoms with van der Waals surface area (Å²) >= 11 is 0. The molecule has 0 aliphatic rings. The number of halogens is 13. The summed E-state index contributed by atoms with van der Waals surface area (Å²) in [6.07, 6.45) is -29.6. The lowest BCUT2D eigenvalue weighted by Crippen LogP contribution is -2.57. The van der Waals surface area contributed by atoms with Gasteiger partial charge in [-0.2, -0.15) is 43.9 Å². The first-order chi connectivity index (χ1) is 21.6. The van der Waals surface area contributed by atoms with E-state index in [1.165, 1.54) is 0 Å². The second-order valence-corrected chi connectivity index (χ2v) is 10.2. The minimum absolute atomic E-state index is 0.0109. The third-order valence-electron chi connectivity index (χ3n) is 6.29. The highest BCUT2D eigenvalue weighted by Gasteiger charge is 2.74. The predicted octanol–water partition coefficient (Wildman–Crippen LogP) is 9.53. The SMILES string of the molecule is CCCCCCCCc1cc(-c2ncccn2)ccc1CCCOCC(F)(F)OC(F)(F)C(F)(F)OC(F)(F)C(F)(F)OC(F)(F)F. The van der Waals surface area contributed by atoms with Crippen molar-refractivity contribution in [1.29, 1.82) is 0 Å². The molecular weight excluding hydrogens is 675 g/mol. The van der Waals surface area contributed by atoms with Crippen LogP contribution in [-0.4, -0.2) is 60.1 Å². The Labute approximate surface area is 260 Å². The minimum Gasteiger partial charge on any atom is -0.372 e. The Balaban J connectivity index is 1.98. The summed E-state index contributed by atoms with van der Waals surface area (Å²) in [5.74, 6) is 0.466. The lowest BCUT2D eigenvalue weighted by Gasteiger charge is -2.33. The maximum absolute atomic E-state index is 13.9. The predicted molar refractivity (Wildman–Crippen MR) is 138 cm³/mol. The second kappa shape index (κ2) is 16.6. The molecule has 0 saturated carbocycles. The van der Waals surface area contributed by atoms with E-state index in [9.17, 15) is 57.1 Å².